The Labute approximate surface area is 175 Å². The van der Waals surface area contributed by atoms with Crippen molar-refractivity contribution in [2.75, 3.05) is 12.4 Å². The van der Waals surface area contributed by atoms with Crippen molar-refractivity contribution in [3.63, 3.8) is 0 Å². The lowest BCUT2D eigenvalue weighted by Gasteiger charge is -2.08. The highest BCUT2D eigenvalue weighted by Gasteiger charge is 2.13. The van der Waals surface area contributed by atoms with Crippen molar-refractivity contribution < 1.29 is 13.9 Å². The van der Waals surface area contributed by atoms with Crippen LogP contribution in [0.5, 0.6) is 5.75 Å². The fourth-order valence-corrected chi connectivity index (χ4v) is 3.24. The zero-order chi connectivity index (χ0) is 20.2. The number of nitrogens with zero attached hydrogens (tertiary/aromatic N) is 1. The van der Waals surface area contributed by atoms with Crippen LogP contribution in [0.2, 0.25) is 0 Å². The first-order valence-electron chi connectivity index (χ1n) is 8.91. The molecule has 0 aliphatic heterocycles. The predicted octanol–water partition coefficient (Wildman–Crippen LogP) is 5.69. The standard InChI is InChI=1S/C23H17BrN2O3/c1-28-19-11-9-17(10-12-19)25-22(27)20-13-15-5-2-3-8-21(15)29-23(20)26-18-7-4-6-16(24)14-18/h2-14H,1H3,(H,25,27). The van der Waals surface area contributed by atoms with Gasteiger partial charge in [-0.1, -0.05) is 40.2 Å². The molecule has 4 rings (SSSR count). The highest BCUT2D eigenvalue weighted by Crippen LogP contribution is 2.20. The van der Waals surface area contributed by atoms with Crippen molar-refractivity contribution in [2.45, 2.75) is 0 Å². The van der Waals surface area contributed by atoms with Crippen molar-refractivity contribution in [2.24, 2.45) is 4.99 Å². The maximum Gasteiger partial charge on any atom is 0.261 e. The van der Waals surface area contributed by atoms with Crippen LogP contribution in [0.1, 0.15) is 10.4 Å². The first kappa shape index (κ1) is 19.0. The molecule has 1 heterocycles. The van der Waals surface area contributed by atoms with E-state index in [9.17, 15) is 4.79 Å². The summed E-state index contributed by atoms with van der Waals surface area (Å²) >= 11 is 3.44. The van der Waals surface area contributed by atoms with E-state index >= 15 is 0 Å². The number of rotatable bonds is 4. The van der Waals surface area contributed by atoms with Gasteiger partial charge in [-0.05, 0) is 54.6 Å². The van der Waals surface area contributed by atoms with Crippen LogP contribution >= 0.6 is 15.9 Å². The van der Waals surface area contributed by atoms with Gasteiger partial charge in [-0.25, -0.2) is 4.99 Å². The number of benzene rings is 3. The number of carbonyl (C=O) groups excluding carboxylic acids is 1. The number of methoxy groups -OCH3 is 1. The predicted molar refractivity (Wildman–Crippen MR) is 117 cm³/mol. The Bertz CT molecular complexity index is 1250. The summed E-state index contributed by atoms with van der Waals surface area (Å²) in [5.41, 5.74) is 2.57. The van der Waals surface area contributed by atoms with Gasteiger partial charge in [0.05, 0.1) is 12.8 Å². The van der Waals surface area contributed by atoms with Gasteiger partial charge in [0.25, 0.3) is 5.91 Å². The molecule has 5 nitrogen and oxygen atoms in total. The molecule has 1 amide bonds. The van der Waals surface area contributed by atoms with E-state index in [1.165, 1.54) is 0 Å². The molecule has 0 saturated carbocycles. The quantitative estimate of drug-likeness (QED) is 0.436. The highest BCUT2D eigenvalue weighted by molar-refractivity contribution is 9.10. The lowest BCUT2D eigenvalue weighted by atomic mass is 10.1. The van der Waals surface area contributed by atoms with Gasteiger partial charge in [0.15, 0.2) is 0 Å². The number of hydrogen-bond acceptors (Lipinski definition) is 4. The molecule has 0 fully saturated rings. The molecule has 0 radical (unpaired) electrons. The average molecular weight is 449 g/mol. The van der Waals surface area contributed by atoms with Crippen LogP contribution < -0.4 is 15.6 Å². The normalized spacial score (nSPS) is 11.4. The molecule has 0 spiro atoms. The van der Waals surface area contributed by atoms with Crippen LogP contribution in [0.4, 0.5) is 11.4 Å². The number of hydrogen-bond donors (Lipinski definition) is 1. The van der Waals surface area contributed by atoms with E-state index in [4.69, 9.17) is 9.15 Å². The maximum atomic E-state index is 13.0. The maximum absolute atomic E-state index is 13.0. The minimum absolute atomic E-state index is 0.243. The van der Waals surface area contributed by atoms with E-state index in [1.807, 2.05) is 48.5 Å². The molecule has 4 aromatic rings. The summed E-state index contributed by atoms with van der Waals surface area (Å²) in [5, 5.41) is 3.71. The Hall–Kier alpha value is -3.38. The molecular weight excluding hydrogens is 432 g/mol. The van der Waals surface area contributed by atoms with Crippen molar-refractivity contribution in [1.29, 1.82) is 0 Å². The molecule has 1 N–H and O–H groups in total. The fraction of sp³-hybridized carbons (Fsp3) is 0.0435. The van der Waals surface area contributed by atoms with Crippen LogP contribution in [0, 0.1) is 0 Å². The van der Waals surface area contributed by atoms with Gasteiger partial charge in [-0.2, -0.15) is 0 Å². The second kappa shape index (κ2) is 8.32. The Balaban J connectivity index is 1.79. The summed E-state index contributed by atoms with van der Waals surface area (Å²) in [7, 11) is 1.60. The Morgan fingerprint density at radius 1 is 1.00 bits per heavy atom. The number of anilines is 1. The summed E-state index contributed by atoms with van der Waals surface area (Å²) in [6.07, 6.45) is 0. The zero-order valence-electron chi connectivity index (χ0n) is 15.6. The molecule has 0 aliphatic rings. The summed E-state index contributed by atoms with van der Waals surface area (Å²) in [5.74, 6) is 0.410. The second-order valence-corrected chi connectivity index (χ2v) is 7.19. The topological polar surface area (TPSA) is 63.8 Å². The van der Waals surface area contributed by atoms with Crippen molar-refractivity contribution in [3.05, 3.63) is 94.5 Å². The van der Waals surface area contributed by atoms with Gasteiger partial charge in [0.2, 0.25) is 5.55 Å². The fourth-order valence-electron chi connectivity index (χ4n) is 2.85. The van der Waals surface area contributed by atoms with E-state index in [0.29, 0.717) is 28.3 Å². The molecular formula is C23H17BrN2O3. The molecule has 3 aromatic carbocycles. The number of para-hydroxylation sites is 1. The van der Waals surface area contributed by atoms with Gasteiger partial charge in [0.1, 0.15) is 16.9 Å². The van der Waals surface area contributed by atoms with E-state index in [1.54, 1.807) is 37.4 Å². The number of nitrogens with one attached hydrogen (secondary N) is 1. The Morgan fingerprint density at radius 2 is 1.79 bits per heavy atom. The van der Waals surface area contributed by atoms with Crippen LogP contribution in [0.25, 0.3) is 11.0 Å². The van der Waals surface area contributed by atoms with Crippen LogP contribution in [-0.2, 0) is 0 Å². The van der Waals surface area contributed by atoms with E-state index in [-0.39, 0.29) is 11.5 Å². The summed E-state index contributed by atoms with van der Waals surface area (Å²) < 4.78 is 12.0. The van der Waals surface area contributed by atoms with Crippen molar-refractivity contribution in [3.8, 4) is 5.75 Å². The summed E-state index contributed by atoms with van der Waals surface area (Å²) in [4.78, 5) is 17.6. The lowest BCUT2D eigenvalue weighted by molar-refractivity contribution is 0.102. The molecule has 0 unspecified atom stereocenters. The molecule has 0 bridgehead atoms. The first-order chi connectivity index (χ1) is 14.1. The minimum Gasteiger partial charge on any atom is -0.497 e. The van der Waals surface area contributed by atoms with Gasteiger partial charge in [0, 0.05) is 15.5 Å². The monoisotopic (exact) mass is 448 g/mol. The molecule has 0 aliphatic carbocycles. The zero-order valence-corrected chi connectivity index (χ0v) is 17.1. The third-order valence-corrected chi connectivity index (χ3v) is 4.78. The number of fused-ring (bicyclic) bond motifs is 1. The van der Waals surface area contributed by atoms with Gasteiger partial charge in [-0.3, -0.25) is 4.79 Å². The Kier molecular flexibility index (Phi) is 5.44. The number of amides is 1. The van der Waals surface area contributed by atoms with Crippen LogP contribution in [0.15, 0.2) is 92.7 Å². The van der Waals surface area contributed by atoms with Crippen LogP contribution in [-0.4, -0.2) is 13.0 Å². The van der Waals surface area contributed by atoms with Gasteiger partial charge < -0.3 is 14.5 Å². The second-order valence-electron chi connectivity index (χ2n) is 6.28. The SMILES string of the molecule is COc1ccc(NC(=O)c2cc3ccccc3oc2=Nc2cccc(Br)c2)cc1. The molecule has 144 valence electrons. The molecule has 6 heteroatoms. The van der Waals surface area contributed by atoms with E-state index in [2.05, 4.69) is 26.2 Å². The van der Waals surface area contributed by atoms with E-state index in [0.717, 1.165) is 9.86 Å². The molecule has 0 saturated heterocycles. The van der Waals surface area contributed by atoms with Gasteiger partial charge >= 0.3 is 0 Å². The third kappa shape index (κ3) is 4.38. The Morgan fingerprint density at radius 3 is 2.55 bits per heavy atom. The van der Waals surface area contributed by atoms with Gasteiger partial charge in [-0.15, -0.1) is 0 Å². The smallest absolute Gasteiger partial charge is 0.261 e. The summed E-state index contributed by atoms with van der Waals surface area (Å²) in [6, 6.07) is 23.9. The minimum atomic E-state index is -0.307. The number of ether oxygens (including phenoxy) is 1. The largest absolute Gasteiger partial charge is 0.497 e. The molecule has 0 atom stereocenters. The highest BCUT2D eigenvalue weighted by atomic mass is 79.9. The van der Waals surface area contributed by atoms with E-state index < -0.39 is 0 Å². The van der Waals surface area contributed by atoms with Crippen LogP contribution in [0.3, 0.4) is 0 Å². The third-order valence-electron chi connectivity index (χ3n) is 4.29. The average Bonchev–Trinajstić information content (AvgIpc) is 2.74. The number of carbonyl (C=O) groups is 1. The summed E-state index contributed by atoms with van der Waals surface area (Å²) in [6.45, 7) is 0. The van der Waals surface area contributed by atoms with Crippen molar-refractivity contribution in [1.82, 2.24) is 0 Å². The lowest BCUT2D eigenvalue weighted by Crippen LogP contribution is -2.21. The first-order valence-corrected chi connectivity index (χ1v) is 9.70. The molecule has 1 aromatic heterocycles. The van der Waals surface area contributed by atoms with Crippen molar-refractivity contribution >= 4 is 44.2 Å². The number of halogens is 1. The molecule has 29 heavy (non-hydrogen) atoms.